The molecule has 0 atom stereocenters. The van der Waals surface area contributed by atoms with E-state index in [9.17, 15) is 13.2 Å². The van der Waals surface area contributed by atoms with Crippen LogP contribution in [0.3, 0.4) is 0 Å². The Morgan fingerprint density at radius 3 is 2.53 bits per heavy atom. The molecule has 1 aliphatic rings. The number of benzene rings is 1. The minimum atomic E-state index is -3.40. The molecule has 1 aromatic carbocycles. The molecule has 0 aromatic heterocycles. The maximum atomic E-state index is 11.8. The highest BCUT2D eigenvalue weighted by Crippen LogP contribution is 2.20. The van der Waals surface area contributed by atoms with Crippen molar-refractivity contribution in [2.24, 2.45) is 0 Å². The van der Waals surface area contributed by atoms with Gasteiger partial charge in [-0.15, -0.1) is 0 Å². The van der Waals surface area contributed by atoms with E-state index in [-0.39, 0.29) is 10.7 Å². The second kappa shape index (κ2) is 5.71. The van der Waals surface area contributed by atoms with Crippen molar-refractivity contribution in [2.75, 3.05) is 24.5 Å². The van der Waals surface area contributed by atoms with Gasteiger partial charge >= 0.3 is 0 Å². The van der Waals surface area contributed by atoms with E-state index in [1.54, 1.807) is 31.2 Å². The van der Waals surface area contributed by atoms with Crippen molar-refractivity contribution in [3.05, 3.63) is 24.3 Å². The lowest BCUT2D eigenvalue weighted by Gasteiger charge is -2.27. The largest absolute Gasteiger partial charge is 0.364 e. The fraction of sp³-hybridized carbons (Fsp3) is 0.462. The van der Waals surface area contributed by atoms with Crippen molar-refractivity contribution >= 4 is 21.5 Å². The average molecular weight is 282 g/mol. The second-order valence-electron chi connectivity index (χ2n) is 4.56. The Bertz CT molecular complexity index is 552. The first-order chi connectivity index (χ1) is 9.03. The number of hydrogen-bond acceptors (Lipinski definition) is 4. The van der Waals surface area contributed by atoms with Crippen molar-refractivity contribution in [1.82, 2.24) is 4.72 Å². The monoisotopic (exact) mass is 282 g/mol. The van der Waals surface area contributed by atoms with Crippen LogP contribution >= 0.6 is 0 Å². The van der Waals surface area contributed by atoms with Crippen LogP contribution in [0.1, 0.15) is 19.8 Å². The number of hydrogen-bond donors (Lipinski definition) is 1. The Labute approximate surface area is 113 Å². The molecule has 2 rings (SSSR count). The molecule has 1 saturated heterocycles. The number of sulfonamides is 1. The molecule has 6 heteroatoms. The average Bonchev–Trinajstić information content (AvgIpc) is 2.39. The van der Waals surface area contributed by atoms with Gasteiger partial charge in [-0.2, -0.15) is 0 Å². The molecule has 0 saturated carbocycles. The van der Waals surface area contributed by atoms with Gasteiger partial charge in [-0.1, -0.05) is 6.92 Å². The van der Waals surface area contributed by atoms with E-state index >= 15 is 0 Å². The Kier molecular flexibility index (Phi) is 4.21. The van der Waals surface area contributed by atoms with Crippen LogP contribution in [0.4, 0.5) is 5.69 Å². The fourth-order valence-electron chi connectivity index (χ4n) is 2.17. The minimum Gasteiger partial charge on any atom is -0.364 e. The maximum absolute atomic E-state index is 11.8. The van der Waals surface area contributed by atoms with Gasteiger partial charge in [-0.25, -0.2) is 13.1 Å². The molecule has 0 radical (unpaired) electrons. The number of nitrogens with zero attached hydrogens (tertiary/aromatic N) is 1. The van der Waals surface area contributed by atoms with Crippen molar-refractivity contribution in [3.63, 3.8) is 0 Å². The quantitative estimate of drug-likeness (QED) is 0.899. The molecule has 0 unspecified atom stereocenters. The van der Waals surface area contributed by atoms with Crippen molar-refractivity contribution in [1.29, 1.82) is 0 Å². The summed E-state index contributed by atoms with van der Waals surface area (Å²) in [7, 11) is -3.40. The SMILES string of the molecule is CCNS(=O)(=O)c1ccc(N2CCCC(=O)C2)cc1. The highest BCUT2D eigenvalue weighted by Gasteiger charge is 2.18. The maximum Gasteiger partial charge on any atom is 0.240 e. The molecule has 0 aliphatic carbocycles. The molecular formula is C13H18N2O3S. The van der Waals surface area contributed by atoms with Crippen molar-refractivity contribution < 1.29 is 13.2 Å². The summed E-state index contributed by atoms with van der Waals surface area (Å²) in [5, 5.41) is 0. The zero-order chi connectivity index (χ0) is 13.9. The van der Waals surface area contributed by atoms with Gasteiger partial charge in [0, 0.05) is 25.2 Å². The molecule has 1 heterocycles. The van der Waals surface area contributed by atoms with Gasteiger partial charge in [0.15, 0.2) is 5.78 Å². The third-order valence-corrected chi connectivity index (χ3v) is 4.66. The highest BCUT2D eigenvalue weighted by molar-refractivity contribution is 7.89. The Morgan fingerprint density at radius 2 is 1.95 bits per heavy atom. The topological polar surface area (TPSA) is 66.5 Å². The first-order valence-corrected chi connectivity index (χ1v) is 7.87. The Hall–Kier alpha value is -1.40. The van der Waals surface area contributed by atoms with Crippen LogP contribution in [0.15, 0.2) is 29.2 Å². The zero-order valence-corrected chi connectivity index (χ0v) is 11.7. The molecule has 0 spiro atoms. The minimum absolute atomic E-state index is 0.232. The summed E-state index contributed by atoms with van der Waals surface area (Å²) >= 11 is 0. The third kappa shape index (κ3) is 3.33. The van der Waals surface area contributed by atoms with E-state index in [2.05, 4.69) is 4.72 Å². The van der Waals surface area contributed by atoms with E-state index in [4.69, 9.17) is 0 Å². The Balaban J connectivity index is 2.16. The number of ketones is 1. The van der Waals surface area contributed by atoms with Gasteiger partial charge in [-0.3, -0.25) is 4.79 Å². The number of Topliss-reactive ketones (excluding diaryl/α,β-unsaturated/α-hetero) is 1. The molecule has 19 heavy (non-hydrogen) atoms. The summed E-state index contributed by atoms with van der Waals surface area (Å²) in [6.45, 7) is 3.36. The van der Waals surface area contributed by atoms with Crippen molar-refractivity contribution in [2.45, 2.75) is 24.7 Å². The number of nitrogens with one attached hydrogen (secondary N) is 1. The molecule has 5 nitrogen and oxygen atoms in total. The normalized spacial score (nSPS) is 16.7. The molecule has 1 N–H and O–H groups in total. The van der Waals surface area contributed by atoms with Gasteiger partial charge < -0.3 is 4.90 Å². The van der Waals surface area contributed by atoms with Crippen LogP contribution in [-0.2, 0) is 14.8 Å². The van der Waals surface area contributed by atoms with Crippen LogP contribution in [0, 0.1) is 0 Å². The first kappa shape index (κ1) is 14.0. The molecule has 0 bridgehead atoms. The lowest BCUT2D eigenvalue weighted by Crippen LogP contribution is -2.35. The lowest BCUT2D eigenvalue weighted by atomic mass is 10.1. The molecule has 104 valence electrons. The molecule has 1 fully saturated rings. The smallest absolute Gasteiger partial charge is 0.240 e. The van der Waals surface area contributed by atoms with Crippen LogP contribution in [0.5, 0.6) is 0 Å². The molecule has 0 amide bonds. The van der Waals surface area contributed by atoms with Crippen molar-refractivity contribution in [3.8, 4) is 0 Å². The summed E-state index contributed by atoms with van der Waals surface area (Å²) in [5.41, 5.74) is 0.892. The van der Waals surface area contributed by atoms with Gasteiger partial charge in [0.1, 0.15) is 0 Å². The summed E-state index contributed by atoms with van der Waals surface area (Å²) < 4.78 is 26.0. The van der Waals surface area contributed by atoms with Gasteiger partial charge in [0.25, 0.3) is 0 Å². The van der Waals surface area contributed by atoms with E-state index in [0.29, 0.717) is 19.5 Å². The van der Waals surface area contributed by atoms with E-state index in [1.165, 1.54) is 0 Å². The number of carbonyl (C=O) groups is 1. The summed E-state index contributed by atoms with van der Waals surface area (Å²) in [6.07, 6.45) is 1.50. The molecule has 1 aliphatic heterocycles. The number of anilines is 1. The van der Waals surface area contributed by atoms with E-state index in [1.807, 2.05) is 4.90 Å². The van der Waals surface area contributed by atoms with Gasteiger partial charge in [-0.05, 0) is 30.7 Å². The fourth-order valence-corrected chi connectivity index (χ4v) is 3.21. The van der Waals surface area contributed by atoms with E-state index < -0.39 is 10.0 Å². The van der Waals surface area contributed by atoms with Gasteiger partial charge in [0.2, 0.25) is 10.0 Å². The van der Waals surface area contributed by atoms with E-state index in [0.717, 1.165) is 18.7 Å². The standard InChI is InChI=1S/C13H18N2O3S/c1-2-14-19(17,18)13-7-5-11(6-8-13)15-9-3-4-12(16)10-15/h5-8,14H,2-4,9-10H2,1H3. The molecule has 1 aromatic rings. The highest BCUT2D eigenvalue weighted by atomic mass is 32.2. The lowest BCUT2D eigenvalue weighted by molar-refractivity contribution is -0.118. The number of carbonyl (C=O) groups excluding carboxylic acids is 1. The summed E-state index contributed by atoms with van der Waals surface area (Å²) in [5.74, 6) is 0.232. The van der Waals surface area contributed by atoms with Crippen LogP contribution in [-0.4, -0.2) is 33.8 Å². The third-order valence-electron chi connectivity index (χ3n) is 3.10. The zero-order valence-electron chi connectivity index (χ0n) is 10.9. The van der Waals surface area contributed by atoms with Crippen LogP contribution < -0.4 is 9.62 Å². The predicted octanol–water partition coefficient (Wildman–Crippen LogP) is 1.15. The summed E-state index contributed by atoms with van der Waals surface area (Å²) in [6, 6.07) is 6.66. The van der Waals surface area contributed by atoms with Crippen LogP contribution in [0.25, 0.3) is 0 Å². The predicted molar refractivity (Wildman–Crippen MR) is 73.8 cm³/mol. The van der Waals surface area contributed by atoms with Crippen LogP contribution in [0.2, 0.25) is 0 Å². The summed E-state index contributed by atoms with van der Waals surface area (Å²) in [4.78, 5) is 13.6. The first-order valence-electron chi connectivity index (χ1n) is 6.39. The molecular weight excluding hydrogens is 264 g/mol. The van der Waals surface area contributed by atoms with Gasteiger partial charge in [0.05, 0.1) is 11.4 Å². The second-order valence-corrected chi connectivity index (χ2v) is 6.33. The Morgan fingerprint density at radius 1 is 1.26 bits per heavy atom. The number of rotatable bonds is 4. The number of piperidine rings is 1.